The highest BCUT2D eigenvalue weighted by Gasteiger charge is 2.24. The zero-order valence-electron chi connectivity index (χ0n) is 13.4. The van der Waals surface area contributed by atoms with E-state index in [-0.39, 0.29) is 0 Å². The fourth-order valence-electron chi connectivity index (χ4n) is 3.09. The monoisotopic (exact) mass is 316 g/mol. The molecule has 0 bridgehead atoms. The van der Waals surface area contributed by atoms with Crippen LogP contribution in [0.2, 0.25) is 0 Å². The zero-order chi connectivity index (χ0) is 15.4. The summed E-state index contributed by atoms with van der Waals surface area (Å²) in [5.41, 5.74) is 2.54. The Balaban J connectivity index is 1.72. The van der Waals surface area contributed by atoms with Gasteiger partial charge in [-0.3, -0.25) is 9.88 Å². The molecule has 0 spiro atoms. The summed E-state index contributed by atoms with van der Waals surface area (Å²) in [7, 11) is 2.22. The Kier molecular flexibility index (Phi) is 5.18. The van der Waals surface area contributed by atoms with Gasteiger partial charge in [0.25, 0.3) is 0 Å². The molecule has 0 saturated carbocycles. The number of aromatic nitrogens is 2. The van der Waals surface area contributed by atoms with Gasteiger partial charge in [0.1, 0.15) is 0 Å². The summed E-state index contributed by atoms with van der Waals surface area (Å²) in [5, 5.41) is 3.35. The Hall–Kier alpha value is -1.30. The van der Waals surface area contributed by atoms with E-state index in [1.165, 1.54) is 37.2 Å². The first-order valence-electron chi connectivity index (χ1n) is 7.93. The minimum atomic E-state index is 0.645. The van der Waals surface area contributed by atoms with Crippen LogP contribution in [0.15, 0.2) is 29.9 Å². The first-order chi connectivity index (χ1) is 10.7. The first-order valence-corrected chi connectivity index (χ1v) is 8.81. The van der Waals surface area contributed by atoms with Crippen molar-refractivity contribution in [3.63, 3.8) is 0 Å². The normalized spacial score (nSPS) is 17.2. The van der Waals surface area contributed by atoms with E-state index in [1.54, 1.807) is 11.3 Å². The van der Waals surface area contributed by atoms with Gasteiger partial charge in [-0.1, -0.05) is 0 Å². The van der Waals surface area contributed by atoms with E-state index < -0.39 is 0 Å². The van der Waals surface area contributed by atoms with Gasteiger partial charge >= 0.3 is 0 Å². The summed E-state index contributed by atoms with van der Waals surface area (Å²) in [4.78, 5) is 13.8. The van der Waals surface area contributed by atoms with Crippen LogP contribution in [-0.4, -0.2) is 45.9 Å². The molecule has 0 amide bonds. The summed E-state index contributed by atoms with van der Waals surface area (Å²) in [5.74, 6) is 0. The second kappa shape index (κ2) is 7.31. The predicted octanol–water partition coefficient (Wildman–Crippen LogP) is 2.94. The van der Waals surface area contributed by atoms with E-state index in [1.807, 2.05) is 12.4 Å². The van der Waals surface area contributed by atoms with Gasteiger partial charge in [0.05, 0.1) is 10.7 Å². The SMILES string of the molecule is Cc1nc(CN(Cc2ccncc2)C2CCN(C)CC2)cs1. The maximum Gasteiger partial charge on any atom is 0.0897 e. The van der Waals surface area contributed by atoms with Crippen LogP contribution in [0.4, 0.5) is 0 Å². The molecule has 3 heterocycles. The molecule has 0 N–H and O–H groups in total. The molecule has 0 aliphatic carbocycles. The molecule has 1 saturated heterocycles. The van der Waals surface area contributed by atoms with E-state index >= 15 is 0 Å². The summed E-state index contributed by atoms with van der Waals surface area (Å²) < 4.78 is 0. The van der Waals surface area contributed by atoms with Crippen molar-refractivity contribution >= 4 is 11.3 Å². The highest BCUT2D eigenvalue weighted by Crippen LogP contribution is 2.21. The molecule has 0 aromatic carbocycles. The van der Waals surface area contributed by atoms with Crippen LogP contribution in [0, 0.1) is 6.92 Å². The van der Waals surface area contributed by atoms with E-state index in [0.29, 0.717) is 6.04 Å². The summed E-state index contributed by atoms with van der Waals surface area (Å²) >= 11 is 1.74. The average Bonchev–Trinajstić information content (AvgIpc) is 2.94. The van der Waals surface area contributed by atoms with Crippen LogP contribution >= 0.6 is 11.3 Å². The van der Waals surface area contributed by atoms with Crippen LogP contribution in [0.3, 0.4) is 0 Å². The first kappa shape index (κ1) is 15.6. The Labute approximate surface area is 136 Å². The standard InChI is InChI=1S/C17H24N4S/c1-14-19-16(13-22-14)12-21(11-15-3-7-18-8-4-15)17-5-9-20(2)10-6-17/h3-4,7-8,13,17H,5-6,9-12H2,1-2H3. The number of thiazole rings is 1. The molecular formula is C17H24N4S. The summed E-state index contributed by atoms with van der Waals surface area (Å²) in [6.45, 7) is 6.38. The molecule has 0 radical (unpaired) electrons. The van der Waals surface area contributed by atoms with Crippen molar-refractivity contribution in [3.05, 3.63) is 46.2 Å². The molecule has 5 heteroatoms. The number of pyridine rings is 1. The van der Waals surface area contributed by atoms with Crippen LogP contribution in [0.5, 0.6) is 0 Å². The van der Waals surface area contributed by atoms with Crippen molar-refractivity contribution in [2.45, 2.75) is 38.9 Å². The van der Waals surface area contributed by atoms with Crippen molar-refractivity contribution in [3.8, 4) is 0 Å². The van der Waals surface area contributed by atoms with Gasteiger partial charge < -0.3 is 4.90 Å². The van der Waals surface area contributed by atoms with Crippen LogP contribution < -0.4 is 0 Å². The number of piperidine rings is 1. The molecule has 22 heavy (non-hydrogen) atoms. The minimum absolute atomic E-state index is 0.645. The van der Waals surface area contributed by atoms with E-state index in [9.17, 15) is 0 Å². The molecule has 0 atom stereocenters. The highest BCUT2D eigenvalue weighted by atomic mass is 32.1. The Morgan fingerprint density at radius 1 is 1.23 bits per heavy atom. The third kappa shape index (κ3) is 4.12. The van der Waals surface area contributed by atoms with Gasteiger partial charge in [0, 0.05) is 36.9 Å². The third-order valence-electron chi connectivity index (χ3n) is 4.37. The van der Waals surface area contributed by atoms with Gasteiger partial charge in [0.15, 0.2) is 0 Å². The lowest BCUT2D eigenvalue weighted by Crippen LogP contribution is -2.43. The third-order valence-corrected chi connectivity index (χ3v) is 5.19. The molecule has 118 valence electrons. The molecule has 2 aromatic heterocycles. The molecule has 1 fully saturated rings. The maximum absolute atomic E-state index is 4.66. The van der Waals surface area contributed by atoms with Crippen molar-refractivity contribution in [2.75, 3.05) is 20.1 Å². The molecule has 1 aliphatic heterocycles. The lowest BCUT2D eigenvalue weighted by atomic mass is 10.0. The molecular weight excluding hydrogens is 292 g/mol. The molecule has 3 rings (SSSR count). The van der Waals surface area contributed by atoms with Gasteiger partial charge in [-0.15, -0.1) is 11.3 Å². The topological polar surface area (TPSA) is 32.3 Å². The minimum Gasteiger partial charge on any atom is -0.306 e. The number of hydrogen-bond donors (Lipinski definition) is 0. The second-order valence-corrected chi connectivity index (χ2v) is 7.21. The highest BCUT2D eigenvalue weighted by molar-refractivity contribution is 7.09. The molecule has 0 unspecified atom stereocenters. The maximum atomic E-state index is 4.66. The number of likely N-dealkylation sites (tertiary alicyclic amines) is 1. The van der Waals surface area contributed by atoms with Gasteiger partial charge in [-0.05, 0) is 57.6 Å². The fraction of sp³-hybridized carbons (Fsp3) is 0.529. The predicted molar refractivity (Wildman–Crippen MR) is 90.9 cm³/mol. The van der Waals surface area contributed by atoms with Crippen LogP contribution in [0.1, 0.15) is 29.1 Å². The largest absolute Gasteiger partial charge is 0.306 e. The van der Waals surface area contributed by atoms with Crippen molar-refractivity contribution in [1.82, 2.24) is 19.8 Å². The number of aryl methyl sites for hydroxylation is 1. The number of hydrogen-bond acceptors (Lipinski definition) is 5. The molecule has 1 aliphatic rings. The van der Waals surface area contributed by atoms with E-state index in [2.05, 4.69) is 51.3 Å². The van der Waals surface area contributed by atoms with Crippen molar-refractivity contribution < 1.29 is 0 Å². The van der Waals surface area contributed by atoms with E-state index in [0.717, 1.165) is 18.1 Å². The van der Waals surface area contributed by atoms with Crippen molar-refractivity contribution in [1.29, 1.82) is 0 Å². The van der Waals surface area contributed by atoms with Crippen LogP contribution in [0.25, 0.3) is 0 Å². The van der Waals surface area contributed by atoms with Gasteiger partial charge in [0.2, 0.25) is 0 Å². The fourth-order valence-corrected chi connectivity index (χ4v) is 3.69. The second-order valence-electron chi connectivity index (χ2n) is 6.15. The van der Waals surface area contributed by atoms with Crippen molar-refractivity contribution in [2.24, 2.45) is 0 Å². The quantitative estimate of drug-likeness (QED) is 0.849. The van der Waals surface area contributed by atoms with Crippen LogP contribution in [-0.2, 0) is 13.1 Å². The Morgan fingerprint density at radius 2 is 1.95 bits per heavy atom. The zero-order valence-corrected chi connectivity index (χ0v) is 14.2. The lowest BCUT2D eigenvalue weighted by molar-refractivity contribution is 0.107. The molecule has 4 nitrogen and oxygen atoms in total. The summed E-state index contributed by atoms with van der Waals surface area (Å²) in [6, 6.07) is 4.88. The van der Waals surface area contributed by atoms with Gasteiger partial charge in [-0.2, -0.15) is 0 Å². The average molecular weight is 316 g/mol. The number of rotatable bonds is 5. The van der Waals surface area contributed by atoms with Gasteiger partial charge in [-0.25, -0.2) is 4.98 Å². The molecule has 2 aromatic rings. The Bertz CT molecular complexity index is 575. The smallest absolute Gasteiger partial charge is 0.0897 e. The Morgan fingerprint density at radius 3 is 2.59 bits per heavy atom. The van der Waals surface area contributed by atoms with E-state index in [4.69, 9.17) is 0 Å². The number of nitrogens with zero attached hydrogens (tertiary/aromatic N) is 4. The lowest BCUT2D eigenvalue weighted by Gasteiger charge is -2.37. The summed E-state index contributed by atoms with van der Waals surface area (Å²) in [6.07, 6.45) is 6.25.